The van der Waals surface area contributed by atoms with E-state index in [9.17, 15) is 0 Å². The van der Waals surface area contributed by atoms with Crippen molar-refractivity contribution in [2.75, 3.05) is 32.7 Å². The molecule has 0 spiro atoms. The van der Waals surface area contributed by atoms with Crippen molar-refractivity contribution < 1.29 is 0 Å². The number of nitrogens with zero attached hydrogens (tertiary/aromatic N) is 2. The predicted molar refractivity (Wildman–Crippen MR) is 98.8 cm³/mol. The van der Waals surface area contributed by atoms with Crippen LogP contribution in [0.5, 0.6) is 0 Å². The number of fused-ring (bicyclic) bond motifs is 1. The van der Waals surface area contributed by atoms with E-state index in [1.807, 2.05) is 12.1 Å². The van der Waals surface area contributed by atoms with Gasteiger partial charge in [0.15, 0.2) is 5.96 Å². The fraction of sp³-hybridized carbons (Fsp3) is 0.533. The molecule has 1 aromatic rings. The molecule has 2 aliphatic rings. The van der Waals surface area contributed by atoms with Crippen LogP contribution in [0.15, 0.2) is 23.2 Å². The number of benzene rings is 1. The van der Waals surface area contributed by atoms with Crippen LogP contribution < -0.4 is 10.6 Å². The molecule has 0 amide bonds. The lowest BCUT2D eigenvalue weighted by molar-refractivity contribution is 0.258. The minimum absolute atomic E-state index is 0. The zero-order chi connectivity index (χ0) is 13.8. The van der Waals surface area contributed by atoms with Gasteiger partial charge in [-0.3, -0.25) is 9.89 Å². The van der Waals surface area contributed by atoms with E-state index in [4.69, 9.17) is 11.6 Å². The Morgan fingerprint density at radius 1 is 1.38 bits per heavy atom. The summed E-state index contributed by atoms with van der Waals surface area (Å²) in [5.74, 6) is 0.955. The molecule has 0 aliphatic carbocycles. The lowest BCUT2D eigenvalue weighted by Crippen LogP contribution is -2.44. The summed E-state index contributed by atoms with van der Waals surface area (Å²) in [4.78, 5) is 6.89. The first-order chi connectivity index (χ1) is 9.83. The van der Waals surface area contributed by atoms with Crippen molar-refractivity contribution in [3.63, 3.8) is 0 Å². The van der Waals surface area contributed by atoms with E-state index in [0.717, 1.165) is 63.1 Å². The summed E-state index contributed by atoms with van der Waals surface area (Å²) in [6.07, 6.45) is 2.18. The van der Waals surface area contributed by atoms with Crippen molar-refractivity contribution in [1.29, 1.82) is 0 Å². The van der Waals surface area contributed by atoms with Gasteiger partial charge in [0, 0.05) is 44.3 Å². The molecule has 3 rings (SSSR count). The Kier molecular flexibility index (Phi) is 6.57. The fourth-order valence-electron chi connectivity index (χ4n) is 2.80. The maximum absolute atomic E-state index is 6.24. The topological polar surface area (TPSA) is 39.7 Å². The Morgan fingerprint density at radius 2 is 2.29 bits per heavy atom. The summed E-state index contributed by atoms with van der Waals surface area (Å²) in [6, 6.07) is 6.22. The maximum Gasteiger partial charge on any atom is 0.191 e. The number of nitrogens with one attached hydrogen (secondary N) is 2. The van der Waals surface area contributed by atoms with Crippen molar-refractivity contribution >= 4 is 41.5 Å². The Labute approximate surface area is 148 Å². The smallest absolute Gasteiger partial charge is 0.191 e. The van der Waals surface area contributed by atoms with Crippen LogP contribution in [-0.2, 0) is 13.0 Å². The van der Waals surface area contributed by atoms with Gasteiger partial charge in [0.05, 0.1) is 0 Å². The van der Waals surface area contributed by atoms with E-state index in [2.05, 4.69) is 26.6 Å². The largest absolute Gasteiger partial charge is 0.356 e. The summed E-state index contributed by atoms with van der Waals surface area (Å²) in [6.45, 7) is 6.01. The first-order valence-corrected chi connectivity index (χ1v) is 7.71. The van der Waals surface area contributed by atoms with Crippen LogP contribution in [0.2, 0.25) is 5.02 Å². The van der Waals surface area contributed by atoms with E-state index >= 15 is 0 Å². The molecule has 2 aliphatic heterocycles. The molecule has 4 nitrogen and oxygen atoms in total. The second-order valence-electron chi connectivity index (χ2n) is 5.34. The van der Waals surface area contributed by atoms with Crippen LogP contribution in [0.4, 0.5) is 0 Å². The van der Waals surface area contributed by atoms with Gasteiger partial charge in [-0.2, -0.15) is 0 Å². The number of guanidine groups is 1. The monoisotopic (exact) mass is 420 g/mol. The summed E-state index contributed by atoms with van der Waals surface area (Å²) >= 11 is 6.24. The highest BCUT2D eigenvalue weighted by atomic mass is 127. The Bertz CT molecular complexity index is 506. The molecule has 0 unspecified atom stereocenters. The maximum atomic E-state index is 6.24. The van der Waals surface area contributed by atoms with Gasteiger partial charge in [-0.1, -0.05) is 23.7 Å². The van der Waals surface area contributed by atoms with Gasteiger partial charge >= 0.3 is 0 Å². The zero-order valence-electron chi connectivity index (χ0n) is 12.1. The van der Waals surface area contributed by atoms with Crippen LogP contribution in [0.1, 0.15) is 17.5 Å². The van der Waals surface area contributed by atoms with Crippen molar-refractivity contribution in [2.24, 2.45) is 4.99 Å². The Hall–Kier alpha value is -0.530. The fourth-order valence-corrected chi connectivity index (χ4v) is 3.08. The van der Waals surface area contributed by atoms with Crippen LogP contribution in [0.3, 0.4) is 0 Å². The number of aliphatic imine (C=N–C) groups is 1. The molecule has 1 aromatic carbocycles. The van der Waals surface area contributed by atoms with Gasteiger partial charge in [0.1, 0.15) is 0 Å². The zero-order valence-corrected chi connectivity index (χ0v) is 15.2. The predicted octanol–water partition coefficient (Wildman–Crippen LogP) is 2.26. The molecule has 6 heteroatoms. The van der Waals surface area contributed by atoms with Crippen molar-refractivity contribution in [3.05, 3.63) is 34.3 Å². The highest BCUT2D eigenvalue weighted by Gasteiger charge is 2.17. The summed E-state index contributed by atoms with van der Waals surface area (Å²) < 4.78 is 0. The van der Waals surface area contributed by atoms with E-state index in [1.165, 1.54) is 11.1 Å². The summed E-state index contributed by atoms with van der Waals surface area (Å²) in [5, 5.41) is 7.58. The molecular weight excluding hydrogens is 399 g/mol. The molecule has 0 saturated heterocycles. The summed E-state index contributed by atoms with van der Waals surface area (Å²) in [5.41, 5.74) is 2.70. The van der Waals surface area contributed by atoms with Crippen LogP contribution >= 0.6 is 35.6 Å². The average Bonchev–Trinajstić information content (AvgIpc) is 2.48. The molecule has 0 fully saturated rings. The highest BCUT2D eigenvalue weighted by Crippen LogP contribution is 2.25. The van der Waals surface area contributed by atoms with E-state index in [0.29, 0.717) is 0 Å². The lowest BCUT2D eigenvalue weighted by atomic mass is 10.00. The van der Waals surface area contributed by atoms with Crippen LogP contribution in [0.25, 0.3) is 0 Å². The van der Waals surface area contributed by atoms with Crippen LogP contribution in [0, 0.1) is 0 Å². The van der Waals surface area contributed by atoms with Gasteiger partial charge < -0.3 is 10.6 Å². The Morgan fingerprint density at radius 3 is 3.10 bits per heavy atom. The lowest BCUT2D eigenvalue weighted by Gasteiger charge is -2.29. The molecule has 0 atom stereocenters. The quantitative estimate of drug-likeness (QED) is 0.737. The third kappa shape index (κ3) is 4.47. The molecule has 21 heavy (non-hydrogen) atoms. The van der Waals surface area contributed by atoms with Gasteiger partial charge in [-0.25, -0.2) is 0 Å². The molecule has 0 bridgehead atoms. The molecule has 0 radical (unpaired) electrons. The first-order valence-electron chi connectivity index (χ1n) is 7.34. The minimum atomic E-state index is 0. The SMILES string of the molecule is Clc1cccc2c1CCN(CCNC1=NCCCN1)C2.I. The normalized spacial score (nSPS) is 18.0. The van der Waals surface area contributed by atoms with E-state index in [1.54, 1.807) is 0 Å². The van der Waals surface area contributed by atoms with E-state index in [-0.39, 0.29) is 24.0 Å². The van der Waals surface area contributed by atoms with E-state index < -0.39 is 0 Å². The summed E-state index contributed by atoms with van der Waals surface area (Å²) in [7, 11) is 0. The third-order valence-corrected chi connectivity index (χ3v) is 4.26. The van der Waals surface area contributed by atoms with Crippen molar-refractivity contribution in [2.45, 2.75) is 19.4 Å². The molecule has 2 N–H and O–H groups in total. The van der Waals surface area contributed by atoms with Crippen molar-refractivity contribution in [1.82, 2.24) is 15.5 Å². The first kappa shape index (κ1) is 16.8. The molecule has 0 aromatic heterocycles. The van der Waals surface area contributed by atoms with Gasteiger partial charge in [-0.15, -0.1) is 24.0 Å². The second-order valence-corrected chi connectivity index (χ2v) is 5.75. The average molecular weight is 421 g/mol. The number of hydrogen-bond acceptors (Lipinski definition) is 4. The molecule has 2 heterocycles. The molecular formula is C15H22ClIN4. The van der Waals surface area contributed by atoms with Gasteiger partial charge in [0.25, 0.3) is 0 Å². The third-order valence-electron chi connectivity index (χ3n) is 3.91. The number of rotatable bonds is 3. The molecule has 0 saturated carbocycles. The standard InChI is InChI=1S/C15H21ClN4.HI/c16-14-4-1-3-12-11-20(9-5-13(12)14)10-8-19-15-17-6-2-7-18-15;/h1,3-4H,2,5-11H2,(H2,17,18,19);1H. The Balaban J connectivity index is 0.00000161. The number of halogens is 2. The van der Waals surface area contributed by atoms with Gasteiger partial charge in [0.2, 0.25) is 0 Å². The molecule has 116 valence electrons. The van der Waals surface area contributed by atoms with Gasteiger partial charge in [-0.05, 0) is 30.0 Å². The number of hydrogen-bond donors (Lipinski definition) is 2. The van der Waals surface area contributed by atoms with Crippen LogP contribution in [-0.4, -0.2) is 43.6 Å². The van der Waals surface area contributed by atoms with Crippen molar-refractivity contribution in [3.8, 4) is 0 Å². The highest BCUT2D eigenvalue weighted by molar-refractivity contribution is 14.0. The second kappa shape index (κ2) is 8.19. The minimum Gasteiger partial charge on any atom is -0.356 e.